The van der Waals surface area contributed by atoms with Gasteiger partial charge < -0.3 is 43.6 Å². The third kappa shape index (κ3) is 5.60. The summed E-state index contributed by atoms with van der Waals surface area (Å²) in [5, 5.41) is -2.01. The smallest absolute Gasteiger partial charge is 0.341 e. The highest BCUT2D eigenvalue weighted by Crippen LogP contribution is 2.61. The maximum absolute atomic E-state index is 11.7. The van der Waals surface area contributed by atoms with Gasteiger partial charge in [0.15, 0.2) is 16.8 Å². The lowest BCUT2D eigenvalue weighted by molar-refractivity contribution is -0.687. The van der Waals surface area contributed by atoms with E-state index in [0.717, 1.165) is 35.4 Å². The lowest BCUT2D eigenvalue weighted by atomic mass is 9.91. The molecule has 152 valence electrons. The molecule has 1 aromatic heterocycles. The molecule has 10 heteroatoms. The molecule has 0 aliphatic rings. The monoisotopic (exact) mass is 521 g/mol. The first-order chi connectivity index (χ1) is 11.4. The van der Waals surface area contributed by atoms with Gasteiger partial charge in [-0.05, 0) is 18.4 Å². The van der Waals surface area contributed by atoms with Gasteiger partial charge in [-0.1, -0.05) is 27.7 Å². The van der Waals surface area contributed by atoms with Crippen LogP contribution >= 0.6 is 15.2 Å². The molecule has 0 atom stereocenters. The first-order valence-electron chi connectivity index (χ1n) is 8.58. The zero-order valence-corrected chi connectivity index (χ0v) is 19.9. The van der Waals surface area contributed by atoms with Gasteiger partial charge in [-0.3, -0.25) is 9.13 Å². The van der Waals surface area contributed by atoms with Gasteiger partial charge in [0.1, 0.15) is 7.05 Å². The number of pyridine rings is 1. The van der Waals surface area contributed by atoms with Crippen LogP contribution in [0.25, 0.3) is 0 Å². The van der Waals surface area contributed by atoms with E-state index in [2.05, 4.69) is 6.92 Å². The molecule has 0 spiro atoms. The molecule has 0 fully saturated rings. The summed E-state index contributed by atoms with van der Waals surface area (Å²) < 4.78 is 25.5. The summed E-state index contributed by atoms with van der Waals surface area (Å²) in [5.74, 6) is 0. The fourth-order valence-electron chi connectivity index (χ4n) is 3.70. The van der Waals surface area contributed by atoms with Crippen molar-refractivity contribution in [2.24, 2.45) is 7.05 Å². The molecule has 1 aromatic rings. The third-order valence-electron chi connectivity index (χ3n) is 4.78. The zero-order valence-electron chi connectivity index (χ0n) is 15.9. The molecule has 0 radical (unpaired) electrons. The Kier molecular flexibility index (Phi) is 10.2. The molecule has 4 N–H and O–H groups in total. The Balaban J connectivity index is 0.00000625. The predicted octanol–water partition coefficient (Wildman–Crippen LogP) is -1.01. The molecular formula is C16H30INO6P2. The van der Waals surface area contributed by atoms with E-state index >= 15 is 0 Å². The van der Waals surface area contributed by atoms with Crippen LogP contribution in [-0.4, -0.2) is 25.0 Å². The topological polar surface area (TPSA) is 119 Å². The van der Waals surface area contributed by atoms with Gasteiger partial charge >= 0.3 is 15.2 Å². The molecule has 0 saturated carbocycles. The van der Waals surface area contributed by atoms with Crippen LogP contribution in [0.4, 0.5) is 0 Å². The van der Waals surface area contributed by atoms with E-state index in [1.165, 1.54) is 0 Å². The maximum Gasteiger partial charge on any atom is 0.341 e. The van der Waals surface area contributed by atoms with Gasteiger partial charge in [0, 0.05) is 30.4 Å². The highest BCUT2D eigenvalue weighted by Gasteiger charge is 2.45. The van der Waals surface area contributed by atoms with Gasteiger partial charge in [0.25, 0.3) is 0 Å². The van der Waals surface area contributed by atoms with Crippen molar-refractivity contribution in [2.75, 3.05) is 0 Å². The van der Waals surface area contributed by atoms with Crippen molar-refractivity contribution in [1.29, 1.82) is 0 Å². The van der Waals surface area contributed by atoms with Crippen LogP contribution in [0.5, 0.6) is 0 Å². The van der Waals surface area contributed by atoms with E-state index in [0.29, 0.717) is 18.4 Å². The normalized spacial score (nSPS) is 12.4. The molecule has 0 amide bonds. The molecule has 1 rings (SSSR count). The fraction of sp³-hybridized carbons (Fsp3) is 0.688. The third-order valence-corrected chi connectivity index (χ3v) is 8.50. The van der Waals surface area contributed by atoms with Crippen molar-refractivity contribution in [1.82, 2.24) is 0 Å². The Hall–Kier alpha value is 0.180. The highest BCUT2D eigenvalue weighted by atomic mass is 127. The fourth-order valence-corrected chi connectivity index (χ4v) is 6.11. The van der Waals surface area contributed by atoms with Gasteiger partial charge in [-0.25, -0.2) is 4.57 Å². The van der Waals surface area contributed by atoms with Crippen LogP contribution in [0, 0.1) is 0 Å². The van der Waals surface area contributed by atoms with Gasteiger partial charge in [-0.2, -0.15) is 0 Å². The Bertz CT molecular complexity index is 706. The molecule has 0 unspecified atom stereocenters. The number of hydrogen-bond acceptors (Lipinski definition) is 2. The largest absolute Gasteiger partial charge is 1.00 e. The quantitative estimate of drug-likeness (QED) is 0.198. The lowest BCUT2D eigenvalue weighted by Gasteiger charge is -2.23. The van der Waals surface area contributed by atoms with E-state index < -0.39 is 20.6 Å². The van der Waals surface area contributed by atoms with Crippen LogP contribution in [0.1, 0.15) is 55.8 Å². The average molecular weight is 521 g/mol. The lowest BCUT2D eigenvalue weighted by Crippen LogP contribution is -3.00. The van der Waals surface area contributed by atoms with Crippen LogP contribution in [0.2, 0.25) is 0 Å². The minimum absolute atomic E-state index is 0. The molecule has 0 bridgehead atoms. The number of nitrogens with zero attached hydrogens (tertiary/aromatic N) is 1. The van der Waals surface area contributed by atoms with Crippen molar-refractivity contribution in [2.45, 2.75) is 65.2 Å². The zero-order chi connectivity index (χ0) is 19.6. The van der Waals surface area contributed by atoms with Crippen LogP contribution in [-0.2, 0) is 48.3 Å². The summed E-state index contributed by atoms with van der Waals surface area (Å²) in [6, 6.07) is 0. The van der Waals surface area contributed by atoms with Crippen LogP contribution < -0.4 is 28.5 Å². The molecule has 7 nitrogen and oxygen atoms in total. The SMILES string of the molecule is CCc1c(CC)c(CC)[n+](C)c(CC)c1CC(P(=O)(O)O)P(=O)(O)O.[I-]. The van der Waals surface area contributed by atoms with E-state index in [1.54, 1.807) is 0 Å². The summed E-state index contributed by atoms with van der Waals surface area (Å²) in [6.45, 7) is 7.97. The Labute approximate surface area is 172 Å². The van der Waals surface area contributed by atoms with Crippen molar-refractivity contribution < 1.29 is 57.2 Å². The predicted molar refractivity (Wildman–Crippen MR) is 96.7 cm³/mol. The standard InChI is InChI=1S/C16H29NO6P2.HI/c1-6-11-12(7-2)14(8-3)17(5)15(9-4)13(11)10-16(24(18,19)20)25(21,22)23;/h16H,6-10H2,1-5H3,(H3-,18,19,20,21,22,23);1H. The second-order valence-electron chi connectivity index (χ2n) is 6.17. The summed E-state index contributed by atoms with van der Waals surface area (Å²) in [4.78, 5) is 38.0. The summed E-state index contributed by atoms with van der Waals surface area (Å²) in [7, 11) is -8.00. The number of rotatable bonds is 8. The first kappa shape index (κ1) is 26.2. The second-order valence-corrected chi connectivity index (χ2v) is 10.2. The molecule has 0 saturated heterocycles. The molecule has 26 heavy (non-hydrogen) atoms. The molecule has 0 aliphatic heterocycles. The highest BCUT2D eigenvalue weighted by molar-refractivity contribution is 7.70. The van der Waals surface area contributed by atoms with Gasteiger partial charge in [0.2, 0.25) is 0 Å². The Morgan fingerprint density at radius 2 is 1.15 bits per heavy atom. The Morgan fingerprint density at radius 3 is 1.46 bits per heavy atom. The Morgan fingerprint density at radius 1 is 0.769 bits per heavy atom. The van der Waals surface area contributed by atoms with Crippen molar-refractivity contribution in [3.63, 3.8) is 0 Å². The summed E-state index contributed by atoms with van der Waals surface area (Å²) in [5.41, 5.74) is 4.76. The van der Waals surface area contributed by atoms with Gasteiger partial charge in [-0.15, -0.1) is 0 Å². The minimum atomic E-state index is -4.95. The number of halogens is 1. The first-order valence-corrected chi connectivity index (χ1v) is 11.9. The molecule has 1 heterocycles. The van der Waals surface area contributed by atoms with E-state index in [9.17, 15) is 28.7 Å². The number of aromatic nitrogens is 1. The van der Waals surface area contributed by atoms with Crippen molar-refractivity contribution in [3.8, 4) is 0 Å². The van der Waals surface area contributed by atoms with Crippen LogP contribution in [0.15, 0.2) is 0 Å². The van der Waals surface area contributed by atoms with Gasteiger partial charge in [0.05, 0.1) is 0 Å². The molecular weight excluding hydrogens is 491 g/mol. The summed E-state index contributed by atoms with van der Waals surface area (Å²) >= 11 is 0. The maximum atomic E-state index is 11.7. The minimum Gasteiger partial charge on any atom is -1.00 e. The summed E-state index contributed by atoms with van der Waals surface area (Å²) in [6.07, 6.45) is 2.51. The number of hydrogen-bond donors (Lipinski definition) is 4. The van der Waals surface area contributed by atoms with E-state index in [-0.39, 0.29) is 30.4 Å². The van der Waals surface area contributed by atoms with E-state index in [1.807, 2.05) is 32.4 Å². The molecule has 0 aliphatic carbocycles. The van der Waals surface area contributed by atoms with Crippen molar-refractivity contribution in [3.05, 3.63) is 28.1 Å². The molecule has 0 aromatic carbocycles. The van der Waals surface area contributed by atoms with E-state index in [4.69, 9.17) is 0 Å². The average Bonchev–Trinajstić information content (AvgIpc) is 2.49. The van der Waals surface area contributed by atoms with Crippen LogP contribution in [0.3, 0.4) is 0 Å². The second kappa shape index (κ2) is 10.1. The van der Waals surface area contributed by atoms with Crippen molar-refractivity contribution >= 4 is 15.2 Å².